The van der Waals surface area contributed by atoms with Gasteiger partial charge in [-0.1, -0.05) is 34.5 Å². The zero-order valence-corrected chi connectivity index (χ0v) is 12.8. The van der Waals surface area contributed by atoms with Crippen LogP contribution in [0, 0.1) is 0 Å². The van der Waals surface area contributed by atoms with Gasteiger partial charge < -0.3 is 10.2 Å². The van der Waals surface area contributed by atoms with Gasteiger partial charge in [-0.2, -0.15) is 0 Å². The highest BCUT2D eigenvalue weighted by Gasteiger charge is 2.04. The number of nitrogens with zero attached hydrogens (tertiary/aromatic N) is 1. The van der Waals surface area contributed by atoms with Gasteiger partial charge in [0.25, 0.3) is 0 Å². The summed E-state index contributed by atoms with van der Waals surface area (Å²) in [5.41, 5.74) is 1.23. The molecule has 0 saturated heterocycles. The maximum atomic E-state index is 5.99. The van der Waals surface area contributed by atoms with Crippen molar-refractivity contribution in [3.05, 3.63) is 33.3 Å². The van der Waals surface area contributed by atoms with Crippen molar-refractivity contribution in [2.24, 2.45) is 0 Å². The fourth-order valence-corrected chi connectivity index (χ4v) is 2.17. The van der Waals surface area contributed by atoms with E-state index < -0.39 is 0 Å². The molecule has 4 heteroatoms. The first-order valence-corrected chi connectivity index (χ1v) is 7.13. The average molecular weight is 320 g/mol. The second-order valence-corrected chi connectivity index (χ2v) is 5.51. The molecule has 0 saturated carbocycles. The van der Waals surface area contributed by atoms with E-state index in [1.165, 1.54) is 12.0 Å². The van der Waals surface area contributed by atoms with Crippen molar-refractivity contribution >= 4 is 27.5 Å². The van der Waals surface area contributed by atoms with E-state index in [0.29, 0.717) is 0 Å². The highest BCUT2D eigenvalue weighted by Crippen LogP contribution is 2.22. The van der Waals surface area contributed by atoms with E-state index in [0.717, 1.165) is 35.7 Å². The van der Waals surface area contributed by atoms with Crippen LogP contribution in [0.5, 0.6) is 0 Å². The van der Waals surface area contributed by atoms with Gasteiger partial charge >= 0.3 is 0 Å². The van der Waals surface area contributed by atoms with E-state index in [9.17, 15) is 0 Å². The highest BCUT2D eigenvalue weighted by atomic mass is 79.9. The average Bonchev–Trinajstić information content (AvgIpc) is 2.29. The molecule has 0 spiro atoms. The van der Waals surface area contributed by atoms with Gasteiger partial charge in [-0.3, -0.25) is 0 Å². The molecule has 96 valence electrons. The van der Waals surface area contributed by atoms with Crippen molar-refractivity contribution in [1.82, 2.24) is 10.2 Å². The standard InChI is InChI=1S/C13H20BrClN2/c1-3-6-16-7-8-17(2)10-11-9-12(15)4-5-13(11)14/h4-5,9,16H,3,6-8,10H2,1-2H3. The first-order valence-electron chi connectivity index (χ1n) is 5.96. The fourth-order valence-electron chi connectivity index (χ4n) is 1.61. The first kappa shape index (κ1) is 15.0. The third-order valence-electron chi connectivity index (χ3n) is 2.55. The van der Waals surface area contributed by atoms with E-state index in [2.05, 4.69) is 40.1 Å². The van der Waals surface area contributed by atoms with Crippen molar-refractivity contribution < 1.29 is 0 Å². The highest BCUT2D eigenvalue weighted by molar-refractivity contribution is 9.10. The summed E-state index contributed by atoms with van der Waals surface area (Å²) >= 11 is 9.55. The predicted octanol–water partition coefficient (Wildman–Crippen LogP) is 3.53. The van der Waals surface area contributed by atoms with Crippen LogP contribution in [0.3, 0.4) is 0 Å². The van der Waals surface area contributed by atoms with Crippen LogP contribution in [-0.2, 0) is 6.54 Å². The van der Waals surface area contributed by atoms with Gasteiger partial charge in [0.15, 0.2) is 0 Å². The summed E-state index contributed by atoms with van der Waals surface area (Å²) in [6.07, 6.45) is 1.18. The summed E-state index contributed by atoms with van der Waals surface area (Å²) < 4.78 is 1.12. The van der Waals surface area contributed by atoms with Gasteiger partial charge in [-0.05, 0) is 43.8 Å². The molecule has 0 aliphatic rings. The van der Waals surface area contributed by atoms with Crippen LogP contribution in [0.2, 0.25) is 5.02 Å². The molecule has 0 unspecified atom stereocenters. The fraction of sp³-hybridized carbons (Fsp3) is 0.538. The van der Waals surface area contributed by atoms with Crippen molar-refractivity contribution in [2.75, 3.05) is 26.7 Å². The summed E-state index contributed by atoms with van der Waals surface area (Å²) in [7, 11) is 2.13. The van der Waals surface area contributed by atoms with Gasteiger partial charge in [0.05, 0.1) is 0 Å². The normalized spacial score (nSPS) is 11.1. The second kappa shape index (κ2) is 8.09. The van der Waals surface area contributed by atoms with Crippen molar-refractivity contribution in [1.29, 1.82) is 0 Å². The molecule has 0 atom stereocenters. The molecule has 1 N–H and O–H groups in total. The molecule has 0 amide bonds. The molecular formula is C13H20BrClN2. The Balaban J connectivity index is 2.39. The van der Waals surface area contributed by atoms with Crippen LogP contribution in [0.4, 0.5) is 0 Å². The van der Waals surface area contributed by atoms with Crippen LogP contribution >= 0.6 is 27.5 Å². The van der Waals surface area contributed by atoms with Crippen LogP contribution in [0.1, 0.15) is 18.9 Å². The van der Waals surface area contributed by atoms with Gasteiger partial charge in [-0.25, -0.2) is 0 Å². The van der Waals surface area contributed by atoms with E-state index in [1.54, 1.807) is 0 Å². The minimum absolute atomic E-state index is 0.792. The van der Waals surface area contributed by atoms with Crippen LogP contribution in [0.25, 0.3) is 0 Å². The molecule has 17 heavy (non-hydrogen) atoms. The lowest BCUT2D eigenvalue weighted by Crippen LogP contribution is -2.29. The maximum Gasteiger partial charge on any atom is 0.0410 e. The van der Waals surface area contributed by atoms with E-state index in [1.807, 2.05) is 18.2 Å². The van der Waals surface area contributed by atoms with Crippen molar-refractivity contribution in [3.8, 4) is 0 Å². The number of hydrogen-bond donors (Lipinski definition) is 1. The summed E-state index contributed by atoms with van der Waals surface area (Å²) in [5.74, 6) is 0. The topological polar surface area (TPSA) is 15.3 Å². The monoisotopic (exact) mass is 318 g/mol. The Morgan fingerprint density at radius 3 is 2.82 bits per heavy atom. The SMILES string of the molecule is CCCNCCN(C)Cc1cc(Cl)ccc1Br. The molecule has 1 aromatic rings. The van der Waals surface area contributed by atoms with Crippen LogP contribution in [0.15, 0.2) is 22.7 Å². The Bertz CT molecular complexity index is 344. The van der Waals surface area contributed by atoms with Gasteiger partial charge in [0.1, 0.15) is 0 Å². The summed E-state index contributed by atoms with van der Waals surface area (Å²) in [6.45, 7) is 6.25. The van der Waals surface area contributed by atoms with E-state index in [-0.39, 0.29) is 0 Å². The molecule has 0 aromatic heterocycles. The first-order chi connectivity index (χ1) is 8.13. The molecule has 0 bridgehead atoms. The lowest BCUT2D eigenvalue weighted by molar-refractivity contribution is 0.324. The maximum absolute atomic E-state index is 5.99. The van der Waals surface area contributed by atoms with E-state index >= 15 is 0 Å². The largest absolute Gasteiger partial charge is 0.315 e. The minimum atomic E-state index is 0.792. The molecule has 0 aliphatic carbocycles. The predicted molar refractivity (Wildman–Crippen MR) is 78.6 cm³/mol. The number of benzene rings is 1. The molecule has 0 radical (unpaired) electrons. The molecule has 0 aliphatic heterocycles. The number of nitrogens with one attached hydrogen (secondary N) is 1. The minimum Gasteiger partial charge on any atom is -0.315 e. The summed E-state index contributed by atoms with van der Waals surface area (Å²) in [5, 5.41) is 4.19. The zero-order chi connectivity index (χ0) is 12.7. The molecule has 1 rings (SSSR count). The Hall–Kier alpha value is -0.0900. The van der Waals surface area contributed by atoms with Crippen LogP contribution in [-0.4, -0.2) is 31.6 Å². The second-order valence-electron chi connectivity index (χ2n) is 4.22. The lowest BCUT2D eigenvalue weighted by atomic mass is 10.2. The molecule has 1 aromatic carbocycles. The number of likely N-dealkylation sites (N-methyl/N-ethyl adjacent to an activating group) is 1. The zero-order valence-electron chi connectivity index (χ0n) is 10.5. The lowest BCUT2D eigenvalue weighted by Gasteiger charge is -2.18. The van der Waals surface area contributed by atoms with Gasteiger partial charge in [0.2, 0.25) is 0 Å². The number of halogens is 2. The van der Waals surface area contributed by atoms with Gasteiger partial charge in [-0.15, -0.1) is 0 Å². The number of rotatable bonds is 7. The molecular weight excluding hydrogens is 300 g/mol. The van der Waals surface area contributed by atoms with Gasteiger partial charge in [0, 0.05) is 29.1 Å². The molecule has 0 heterocycles. The van der Waals surface area contributed by atoms with E-state index in [4.69, 9.17) is 11.6 Å². The van der Waals surface area contributed by atoms with Crippen LogP contribution < -0.4 is 5.32 Å². The molecule has 0 fully saturated rings. The Labute approximate surface area is 117 Å². The third-order valence-corrected chi connectivity index (χ3v) is 3.55. The summed E-state index contributed by atoms with van der Waals surface area (Å²) in [6, 6.07) is 5.92. The molecule has 2 nitrogen and oxygen atoms in total. The van der Waals surface area contributed by atoms with Crippen molar-refractivity contribution in [2.45, 2.75) is 19.9 Å². The Morgan fingerprint density at radius 2 is 2.12 bits per heavy atom. The Kier molecular flexibility index (Phi) is 7.12. The Morgan fingerprint density at radius 1 is 1.35 bits per heavy atom. The number of hydrogen-bond acceptors (Lipinski definition) is 2. The smallest absolute Gasteiger partial charge is 0.0410 e. The summed E-state index contributed by atoms with van der Waals surface area (Å²) in [4.78, 5) is 2.29. The van der Waals surface area contributed by atoms with Crippen molar-refractivity contribution in [3.63, 3.8) is 0 Å². The quantitative estimate of drug-likeness (QED) is 0.773. The third kappa shape index (κ3) is 5.87.